The molecule has 0 fully saturated rings. The molecule has 0 aliphatic carbocycles. The topological polar surface area (TPSA) is 90.2 Å². The molecule has 1 atom stereocenters. The number of halogens is 1. The van der Waals surface area contributed by atoms with E-state index in [0.717, 1.165) is 16.9 Å². The van der Waals surface area contributed by atoms with E-state index in [-0.39, 0.29) is 22.6 Å². The highest BCUT2D eigenvalue weighted by Gasteiger charge is 2.37. The van der Waals surface area contributed by atoms with E-state index in [9.17, 15) is 14.4 Å². The molecule has 0 saturated carbocycles. The molecule has 0 radical (unpaired) electrons. The van der Waals surface area contributed by atoms with E-state index in [0.29, 0.717) is 50.2 Å². The number of ether oxygens (including phenoxy) is 2. The van der Waals surface area contributed by atoms with Crippen LogP contribution in [0.3, 0.4) is 0 Å². The molecule has 2 aliphatic heterocycles. The summed E-state index contributed by atoms with van der Waals surface area (Å²) >= 11 is 7.21. The molecule has 6 rings (SSSR count). The van der Waals surface area contributed by atoms with Crippen molar-refractivity contribution in [2.24, 2.45) is 4.99 Å². The summed E-state index contributed by atoms with van der Waals surface area (Å²) in [5.74, 6) is -0.260. The Balaban J connectivity index is 1.55. The van der Waals surface area contributed by atoms with Crippen molar-refractivity contribution in [3.63, 3.8) is 0 Å². The highest BCUT2D eigenvalue weighted by molar-refractivity contribution is 7.07. The van der Waals surface area contributed by atoms with E-state index < -0.39 is 17.6 Å². The summed E-state index contributed by atoms with van der Waals surface area (Å²) in [5.41, 5.74) is 3.48. The summed E-state index contributed by atoms with van der Waals surface area (Å²) in [7, 11) is 1.56. The minimum atomic E-state index is -0.828. The van der Waals surface area contributed by atoms with E-state index in [1.165, 1.54) is 10.6 Å². The Hall–Kier alpha value is -4.73. The third-order valence-electron chi connectivity index (χ3n) is 7.39. The van der Waals surface area contributed by atoms with Crippen molar-refractivity contribution in [2.45, 2.75) is 19.5 Å². The minimum Gasteiger partial charge on any atom is -0.497 e. The van der Waals surface area contributed by atoms with Crippen LogP contribution >= 0.6 is 22.9 Å². The number of thiazole rings is 1. The fourth-order valence-electron chi connectivity index (χ4n) is 5.38. The maximum absolute atomic E-state index is 14.3. The van der Waals surface area contributed by atoms with Crippen molar-refractivity contribution in [3.05, 3.63) is 138 Å². The molecule has 1 aromatic heterocycles. The zero-order chi connectivity index (χ0) is 30.2. The Kier molecular flexibility index (Phi) is 7.60. The van der Waals surface area contributed by atoms with Gasteiger partial charge in [0.1, 0.15) is 16.9 Å². The number of hydrogen-bond acceptors (Lipinski definition) is 7. The summed E-state index contributed by atoms with van der Waals surface area (Å²) in [4.78, 5) is 48.4. The third kappa shape index (κ3) is 5.00. The molecule has 2 aliphatic rings. The SMILES string of the molecule is C=CCOC(=O)C1=C(C)N=c2s/c(=C3\C(=O)N(Cc4ccc(Cl)cc4)c4ccccc43)c(=O)n2[C@H]1c1ccc(OC)cc1. The predicted molar refractivity (Wildman–Crippen MR) is 166 cm³/mol. The van der Waals surface area contributed by atoms with Gasteiger partial charge in [0, 0.05) is 10.6 Å². The number of hydrogen-bond donors (Lipinski definition) is 0. The largest absolute Gasteiger partial charge is 0.497 e. The van der Waals surface area contributed by atoms with Crippen LogP contribution in [0.15, 0.2) is 107 Å². The van der Waals surface area contributed by atoms with Crippen LogP contribution in [0.1, 0.15) is 29.7 Å². The number of anilines is 1. The van der Waals surface area contributed by atoms with Gasteiger partial charge in [-0.2, -0.15) is 0 Å². The van der Waals surface area contributed by atoms with Gasteiger partial charge in [-0.1, -0.05) is 78.1 Å². The first-order chi connectivity index (χ1) is 20.8. The molecule has 0 saturated heterocycles. The Bertz CT molecular complexity index is 1990. The van der Waals surface area contributed by atoms with Crippen molar-refractivity contribution in [1.82, 2.24) is 4.57 Å². The highest BCUT2D eigenvalue weighted by atomic mass is 35.5. The van der Waals surface area contributed by atoms with Gasteiger partial charge >= 0.3 is 5.97 Å². The number of benzene rings is 3. The number of esters is 1. The van der Waals surface area contributed by atoms with E-state index in [1.54, 1.807) is 55.3 Å². The number of nitrogens with zero attached hydrogens (tertiary/aromatic N) is 3. The lowest BCUT2D eigenvalue weighted by molar-refractivity contribution is -0.138. The number of fused-ring (bicyclic) bond motifs is 2. The third-order valence-corrected chi connectivity index (χ3v) is 8.69. The first kappa shape index (κ1) is 28.4. The number of rotatable bonds is 7. The lowest BCUT2D eigenvalue weighted by atomic mass is 9.96. The summed E-state index contributed by atoms with van der Waals surface area (Å²) in [6, 6.07) is 21.0. The smallest absolute Gasteiger partial charge is 0.338 e. The van der Waals surface area contributed by atoms with Gasteiger partial charge in [0.15, 0.2) is 4.80 Å². The van der Waals surface area contributed by atoms with E-state index in [1.807, 2.05) is 36.4 Å². The van der Waals surface area contributed by atoms with Gasteiger partial charge in [-0.3, -0.25) is 14.2 Å². The van der Waals surface area contributed by atoms with E-state index in [2.05, 4.69) is 11.6 Å². The maximum Gasteiger partial charge on any atom is 0.338 e. The first-order valence-corrected chi connectivity index (χ1v) is 14.6. The zero-order valence-corrected chi connectivity index (χ0v) is 24.9. The highest BCUT2D eigenvalue weighted by Crippen LogP contribution is 2.37. The second kappa shape index (κ2) is 11.5. The van der Waals surface area contributed by atoms with Gasteiger partial charge in [-0.25, -0.2) is 9.79 Å². The van der Waals surface area contributed by atoms with Gasteiger partial charge in [0.25, 0.3) is 11.5 Å². The molecule has 0 bridgehead atoms. The number of carbonyl (C=O) groups excluding carboxylic acids is 2. The standard InChI is InChI=1S/C33H26ClN3O5S/c1-4-17-42-32(40)26-19(2)35-33-37(28(26)21-11-15-23(41-3)16-12-21)31(39)29(43-33)27-24-7-5-6-8-25(24)36(30(27)38)18-20-9-13-22(34)14-10-20/h4-16,28H,1,17-18H2,2-3H3/b29-27-/t28-/m0/s1. The molecular weight excluding hydrogens is 586 g/mol. The summed E-state index contributed by atoms with van der Waals surface area (Å²) in [5, 5.41) is 0.605. The van der Waals surface area contributed by atoms with Crippen molar-refractivity contribution >= 4 is 46.1 Å². The van der Waals surface area contributed by atoms with Gasteiger partial charge in [-0.05, 0) is 48.4 Å². The molecule has 43 heavy (non-hydrogen) atoms. The van der Waals surface area contributed by atoms with Gasteiger partial charge in [0.2, 0.25) is 0 Å². The number of para-hydroxylation sites is 1. The Morgan fingerprint density at radius 3 is 2.49 bits per heavy atom. The van der Waals surface area contributed by atoms with Gasteiger partial charge in [-0.15, -0.1) is 0 Å². The molecule has 3 aromatic carbocycles. The molecule has 0 spiro atoms. The quantitative estimate of drug-likeness (QED) is 0.226. The van der Waals surface area contributed by atoms with Crippen molar-refractivity contribution in [2.75, 3.05) is 18.6 Å². The van der Waals surface area contributed by atoms with Crippen molar-refractivity contribution in [3.8, 4) is 5.75 Å². The first-order valence-electron chi connectivity index (χ1n) is 13.4. The Morgan fingerprint density at radius 2 is 1.79 bits per heavy atom. The van der Waals surface area contributed by atoms with Crippen LogP contribution in [-0.2, 0) is 20.9 Å². The normalized spacial score (nSPS) is 16.9. The molecule has 8 nitrogen and oxygen atoms in total. The lowest BCUT2D eigenvalue weighted by Gasteiger charge is -2.24. The molecular formula is C33H26ClN3O5S. The number of allylic oxidation sites excluding steroid dienone is 1. The van der Waals surface area contributed by atoms with Crippen LogP contribution < -0.4 is 24.5 Å². The van der Waals surface area contributed by atoms with Gasteiger partial charge in [0.05, 0.1) is 42.2 Å². The van der Waals surface area contributed by atoms with Crippen LogP contribution in [-0.4, -0.2) is 30.2 Å². The number of amides is 1. The summed E-state index contributed by atoms with van der Waals surface area (Å²) in [6.07, 6.45) is 1.48. The molecule has 0 unspecified atom stereocenters. The molecule has 3 heterocycles. The average molecular weight is 612 g/mol. The number of methoxy groups -OCH3 is 1. The molecule has 216 valence electrons. The Labute approximate surface area is 256 Å². The molecule has 0 N–H and O–H groups in total. The second-order valence-corrected chi connectivity index (χ2v) is 11.4. The fraction of sp³-hybridized carbons (Fsp3) is 0.152. The summed E-state index contributed by atoms with van der Waals surface area (Å²) < 4.78 is 12.5. The lowest BCUT2D eigenvalue weighted by Crippen LogP contribution is -2.41. The number of aromatic nitrogens is 1. The predicted octanol–water partition coefficient (Wildman–Crippen LogP) is 4.54. The van der Waals surface area contributed by atoms with Crippen LogP contribution in [0.2, 0.25) is 5.02 Å². The zero-order valence-electron chi connectivity index (χ0n) is 23.4. The van der Waals surface area contributed by atoms with Crippen LogP contribution in [0.5, 0.6) is 5.75 Å². The van der Waals surface area contributed by atoms with Crippen molar-refractivity contribution in [1.29, 1.82) is 0 Å². The summed E-state index contributed by atoms with van der Waals surface area (Å²) in [6.45, 7) is 5.65. The number of carbonyl (C=O) groups is 2. The van der Waals surface area contributed by atoms with Gasteiger partial charge < -0.3 is 14.4 Å². The molecule has 1 amide bonds. The van der Waals surface area contributed by atoms with E-state index in [4.69, 9.17) is 21.1 Å². The second-order valence-electron chi connectivity index (χ2n) is 9.97. The van der Waals surface area contributed by atoms with E-state index >= 15 is 0 Å². The monoisotopic (exact) mass is 611 g/mol. The molecule has 4 aromatic rings. The average Bonchev–Trinajstić information content (AvgIpc) is 3.48. The molecule has 10 heteroatoms. The van der Waals surface area contributed by atoms with Crippen molar-refractivity contribution < 1.29 is 19.1 Å². The maximum atomic E-state index is 14.3. The fourth-order valence-corrected chi connectivity index (χ4v) is 6.64. The Morgan fingerprint density at radius 1 is 1.07 bits per heavy atom. The van der Waals surface area contributed by atoms with Crippen LogP contribution in [0.4, 0.5) is 5.69 Å². The van der Waals surface area contributed by atoms with Crippen LogP contribution in [0, 0.1) is 0 Å². The van der Waals surface area contributed by atoms with Crippen LogP contribution in [0.25, 0.3) is 5.57 Å². The minimum absolute atomic E-state index is 0.00819.